The van der Waals surface area contributed by atoms with E-state index in [2.05, 4.69) is 29.2 Å². The van der Waals surface area contributed by atoms with Crippen molar-refractivity contribution in [2.45, 2.75) is 0 Å². The second-order valence-corrected chi connectivity index (χ2v) is 3.42. The number of benzene rings is 2. The summed E-state index contributed by atoms with van der Waals surface area (Å²) in [6, 6.07) is 18.4. The zero-order chi connectivity index (χ0) is 10.1. The Morgan fingerprint density at radius 3 is 2.40 bits per heavy atom. The summed E-state index contributed by atoms with van der Waals surface area (Å²) in [4.78, 5) is 0. The molecule has 0 unspecified atom stereocenters. The average Bonchev–Trinajstić information content (AvgIpc) is 2.74. The summed E-state index contributed by atoms with van der Waals surface area (Å²) in [5, 5.41) is 2.02. The van der Waals surface area contributed by atoms with Gasteiger partial charge in [0.25, 0.3) is 0 Å². The predicted molar refractivity (Wildman–Crippen MR) is 61.8 cm³/mol. The first-order valence-corrected chi connectivity index (χ1v) is 4.91. The van der Waals surface area contributed by atoms with E-state index in [1.807, 2.05) is 41.4 Å². The first-order valence-electron chi connectivity index (χ1n) is 4.91. The molecule has 0 aliphatic carbocycles. The third-order valence-electron chi connectivity index (χ3n) is 2.46. The number of anilines is 3. The SMILES string of the molecule is c1ccc(N2NNc3ccccc32)cc1. The van der Waals surface area contributed by atoms with Crippen molar-refractivity contribution in [2.24, 2.45) is 0 Å². The van der Waals surface area contributed by atoms with Crippen LogP contribution >= 0.6 is 0 Å². The average molecular weight is 197 g/mol. The van der Waals surface area contributed by atoms with Crippen molar-refractivity contribution in [3.8, 4) is 0 Å². The van der Waals surface area contributed by atoms with Gasteiger partial charge in [0.1, 0.15) is 0 Å². The van der Waals surface area contributed by atoms with Crippen LogP contribution in [0.3, 0.4) is 0 Å². The minimum Gasteiger partial charge on any atom is -0.301 e. The Hall–Kier alpha value is -2.00. The van der Waals surface area contributed by atoms with Gasteiger partial charge in [-0.15, -0.1) is 5.53 Å². The van der Waals surface area contributed by atoms with Crippen molar-refractivity contribution in [2.75, 3.05) is 10.4 Å². The van der Waals surface area contributed by atoms with Gasteiger partial charge in [-0.05, 0) is 24.3 Å². The molecule has 1 aliphatic rings. The Kier molecular flexibility index (Phi) is 1.83. The molecule has 1 heterocycles. The summed E-state index contributed by atoms with van der Waals surface area (Å²) in [6.07, 6.45) is 0. The van der Waals surface area contributed by atoms with Crippen LogP contribution in [0.4, 0.5) is 17.1 Å². The molecule has 1 aliphatic heterocycles. The maximum Gasteiger partial charge on any atom is 0.0841 e. The summed E-state index contributed by atoms with van der Waals surface area (Å²) < 4.78 is 0. The molecule has 74 valence electrons. The first kappa shape index (κ1) is 8.32. The van der Waals surface area contributed by atoms with Crippen LogP contribution in [-0.2, 0) is 0 Å². The van der Waals surface area contributed by atoms with Crippen molar-refractivity contribution < 1.29 is 0 Å². The van der Waals surface area contributed by atoms with Gasteiger partial charge in [-0.3, -0.25) is 5.01 Å². The highest BCUT2D eigenvalue weighted by atomic mass is 15.7. The predicted octanol–water partition coefficient (Wildman–Crippen LogP) is 2.67. The molecule has 0 saturated heterocycles. The third-order valence-corrected chi connectivity index (χ3v) is 2.46. The maximum absolute atomic E-state index is 3.12. The summed E-state index contributed by atoms with van der Waals surface area (Å²) >= 11 is 0. The molecule has 0 radical (unpaired) electrons. The van der Waals surface area contributed by atoms with E-state index in [9.17, 15) is 0 Å². The first-order chi connectivity index (χ1) is 7.45. The number of hydrazine groups is 2. The van der Waals surface area contributed by atoms with E-state index in [1.165, 1.54) is 0 Å². The lowest BCUT2D eigenvalue weighted by Crippen LogP contribution is -2.31. The number of para-hydroxylation sites is 3. The van der Waals surface area contributed by atoms with Crippen LogP contribution in [0.15, 0.2) is 54.6 Å². The monoisotopic (exact) mass is 197 g/mol. The van der Waals surface area contributed by atoms with Gasteiger partial charge in [-0.1, -0.05) is 30.3 Å². The molecule has 3 nitrogen and oxygen atoms in total. The van der Waals surface area contributed by atoms with E-state index >= 15 is 0 Å². The molecule has 2 aromatic rings. The van der Waals surface area contributed by atoms with Crippen LogP contribution < -0.4 is 16.0 Å². The summed E-state index contributed by atoms with van der Waals surface area (Å²) in [5.74, 6) is 0. The molecule has 0 amide bonds. The lowest BCUT2D eigenvalue weighted by atomic mass is 10.2. The van der Waals surface area contributed by atoms with Gasteiger partial charge in [0, 0.05) is 0 Å². The van der Waals surface area contributed by atoms with Crippen molar-refractivity contribution in [1.29, 1.82) is 0 Å². The summed E-state index contributed by atoms with van der Waals surface area (Å²) in [6.45, 7) is 0. The quantitative estimate of drug-likeness (QED) is 0.736. The van der Waals surface area contributed by atoms with Gasteiger partial charge in [0.15, 0.2) is 0 Å². The Bertz CT molecular complexity index is 467. The number of hydrogen-bond acceptors (Lipinski definition) is 3. The maximum atomic E-state index is 3.12. The lowest BCUT2D eigenvalue weighted by molar-refractivity contribution is 0.863. The van der Waals surface area contributed by atoms with Crippen LogP contribution in [0.1, 0.15) is 0 Å². The zero-order valence-electron chi connectivity index (χ0n) is 8.14. The van der Waals surface area contributed by atoms with Crippen molar-refractivity contribution >= 4 is 17.1 Å². The molecule has 15 heavy (non-hydrogen) atoms. The van der Waals surface area contributed by atoms with Crippen LogP contribution in [-0.4, -0.2) is 0 Å². The Morgan fingerprint density at radius 1 is 0.800 bits per heavy atom. The second kappa shape index (κ2) is 3.29. The highest BCUT2D eigenvalue weighted by Gasteiger charge is 2.18. The number of hydrogen-bond donors (Lipinski definition) is 2. The number of fused-ring (bicyclic) bond motifs is 1. The molecular formula is C12H11N3. The molecule has 0 aromatic heterocycles. The molecule has 0 saturated carbocycles. The topological polar surface area (TPSA) is 27.3 Å². The molecule has 2 aromatic carbocycles. The molecular weight excluding hydrogens is 186 g/mol. The fraction of sp³-hybridized carbons (Fsp3) is 0. The minimum absolute atomic E-state index is 1.10. The van der Waals surface area contributed by atoms with Crippen molar-refractivity contribution in [1.82, 2.24) is 5.53 Å². The fourth-order valence-corrected chi connectivity index (χ4v) is 1.73. The number of nitrogens with zero attached hydrogens (tertiary/aromatic N) is 1. The van der Waals surface area contributed by atoms with E-state index in [1.54, 1.807) is 0 Å². The van der Waals surface area contributed by atoms with E-state index in [4.69, 9.17) is 0 Å². The van der Waals surface area contributed by atoms with Gasteiger partial charge in [-0.2, -0.15) is 0 Å². The highest BCUT2D eigenvalue weighted by molar-refractivity contribution is 5.79. The Labute approximate surface area is 88.3 Å². The Morgan fingerprint density at radius 2 is 1.53 bits per heavy atom. The zero-order valence-corrected chi connectivity index (χ0v) is 8.14. The van der Waals surface area contributed by atoms with Gasteiger partial charge >= 0.3 is 0 Å². The van der Waals surface area contributed by atoms with Crippen molar-refractivity contribution in [3.63, 3.8) is 0 Å². The number of rotatable bonds is 1. The normalized spacial score (nSPS) is 13.5. The molecule has 3 heteroatoms. The number of nitrogens with one attached hydrogen (secondary N) is 2. The molecule has 0 spiro atoms. The van der Waals surface area contributed by atoms with E-state index in [0.29, 0.717) is 0 Å². The molecule has 0 bridgehead atoms. The van der Waals surface area contributed by atoms with Crippen LogP contribution in [0.25, 0.3) is 0 Å². The summed E-state index contributed by atoms with van der Waals surface area (Å²) in [7, 11) is 0. The Balaban J connectivity index is 2.05. The van der Waals surface area contributed by atoms with E-state index in [0.717, 1.165) is 17.1 Å². The van der Waals surface area contributed by atoms with Crippen LogP contribution in [0, 0.1) is 0 Å². The van der Waals surface area contributed by atoms with E-state index < -0.39 is 0 Å². The largest absolute Gasteiger partial charge is 0.301 e. The minimum atomic E-state index is 1.10. The van der Waals surface area contributed by atoms with Crippen molar-refractivity contribution in [3.05, 3.63) is 54.6 Å². The van der Waals surface area contributed by atoms with Crippen LogP contribution in [0.2, 0.25) is 0 Å². The third kappa shape index (κ3) is 1.33. The summed E-state index contributed by atoms with van der Waals surface area (Å²) in [5.41, 5.74) is 9.61. The standard InChI is InChI=1S/C12H11N3/c1-2-6-10(7-3-1)15-12-9-5-4-8-11(12)13-14-15/h1-9,13-14H. The highest BCUT2D eigenvalue weighted by Crippen LogP contribution is 2.33. The van der Waals surface area contributed by atoms with E-state index in [-0.39, 0.29) is 0 Å². The molecule has 2 N–H and O–H groups in total. The molecule has 0 fully saturated rings. The van der Waals surface area contributed by atoms with Crippen LogP contribution in [0.5, 0.6) is 0 Å². The van der Waals surface area contributed by atoms with Gasteiger partial charge < -0.3 is 5.43 Å². The molecule has 3 rings (SSSR count). The second-order valence-electron chi connectivity index (χ2n) is 3.42. The van der Waals surface area contributed by atoms with Gasteiger partial charge in [0.05, 0.1) is 17.1 Å². The van der Waals surface area contributed by atoms with Gasteiger partial charge in [0.2, 0.25) is 0 Å². The smallest absolute Gasteiger partial charge is 0.0841 e. The molecule has 0 atom stereocenters. The fourth-order valence-electron chi connectivity index (χ4n) is 1.73. The van der Waals surface area contributed by atoms with Gasteiger partial charge in [-0.25, -0.2) is 0 Å². The lowest BCUT2D eigenvalue weighted by Gasteiger charge is -2.17.